The van der Waals surface area contributed by atoms with Gasteiger partial charge in [-0.25, -0.2) is 0 Å². The van der Waals surface area contributed by atoms with E-state index >= 15 is 0 Å². The van der Waals surface area contributed by atoms with E-state index in [9.17, 15) is 0 Å². The molecule has 2 N–H and O–H groups in total. The zero-order valence-electron chi connectivity index (χ0n) is 12.3. The van der Waals surface area contributed by atoms with E-state index in [2.05, 4.69) is 0 Å². The standard InChI is InChI=1S/C17H19NO3/c1-11-9-13(19-2)4-5-14(11)17(18)12-3-6-15-16(10-12)21-8-7-20-15/h3-6,9-10,17H,7-8,18H2,1-2H3. The van der Waals surface area contributed by atoms with Gasteiger partial charge in [-0.3, -0.25) is 0 Å². The van der Waals surface area contributed by atoms with E-state index in [0.717, 1.165) is 33.9 Å². The van der Waals surface area contributed by atoms with Crippen molar-refractivity contribution in [2.75, 3.05) is 20.3 Å². The second kappa shape index (κ2) is 5.66. The van der Waals surface area contributed by atoms with Gasteiger partial charge in [-0.05, 0) is 47.9 Å². The van der Waals surface area contributed by atoms with Gasteiger partial charge in [-0.2, -0.15) is 0 Å². The molecular formula is C17H19NO3. The number of benzene rings is 2. The molecule has 0 spiro atoms. The summed E-state index contributed by atoms with van der Waals surface area (Å²) in [4.78, 5) is 0. The van der Waals surface area contributed by atoms with E-state index in [1.165, 1.54) is 0 Å². The lowest BCUT2D eigenvalue weighted by Gasteiger charge is -2.21. The molecule has 0 aliphatic carbocycles. The lowest BCUT2D eigenvalue weighted by Crippen LogP contribution is -2.17. The van der Waals surface area contributed by atoms with E-state index in [1.807, 2.05) is 43.3 Å². The summed E-state index contributed by atoms with van der Waals surface area (Å²) in [5, 5.41) is 0. The van der Waals surface area contributed by atoms with Crippen molar-refractivity contribution >= 4 is 0 Å². The van der Waals surface area contributed by atoms with Crippen molar-refractivity contribution in [1.29, 1.82) is 0 Å². The van der Waals surface area contributed by atoms with E-state index < -0.39 is 0 Å². The third-order valence-corrected chi connectivity index (χ3v) is 3.74. The highest BCUT2D eigenvalue weighted by Crippen LogP contribution is 2.34. The fourth-order valence-electron chi connectivity index (χ4n) is 2.56. The molecule has 1 heterocycles. The largest absolute Gasteiger partial charge is 0.497 e. The summed E-state index contributed by atoms with van der Waals surface area (Å²) in [5.41, 5.74) is 9.60. The summed E-state index contributed by atoms with van der Waals surface area (Å²) in [6.07, 6.45) is 0. The molecule has 2 aromatic carbocycles. The Bertz CT molecular complexity index is 654. The maximum atomic E-state index is 6.40. The number of fused-ring (bicyclic) bond motifs is 1. The Hall–Kier alpha value is -2.20. The molecule has 4 heteroatoms. The normalized spacial score (nSPS) is 14.6. The molecule has 0 amide bonds. The summed E-state index contributed by atoms with van der Waals surface area (Å²) < 4.78 is 16.4. The fourth-order valence-corrected chi connectivity index (χ4v) is 2.56. The molecular weight excluding hydrogens is 266 g/mol. The second-order valence-corrected chi connectivity index (χ2v) is 5.10. The molecule has 1 aliphatic rings. The molecule has 1 aliphatic heterocycles. The second-order valence-electron chi connectivity index (χ2n) is 5.10. The van der Waals surface area contributed by atoms with Gasteiger partial charge in [0.1, 0.15) is 19.0 Å². The highest BCUT2D eigenvalue weighted by Gasteiger charge is 2.17. The molecule has 0 bridgehead atoms. The molecule has 1 unspecified atom stereocenters. The van der Waals surface area contributed by atoms with Gasteiger partial charge in [-0.1, -0.05) is 12.1 Å². The Kier molecular flexibility index (Phi) is 3.71. The van der Waals surface area contributed by atoms with Gasteiger partial charge in [0.05, 0.1) is 13.2 Å². The van der Waals surface area contributed by atoms with Crippen LogP contribution in [0.1, 0.15) is 22.7 Å². The summed E-state index contributed by atoms with van der Waals surface area (Å²) in [6, 6.07) is 11.6. The molecule has 4 nitrogen and oxygen atoms in total. The molecule has 3 rings (SSSR count). The van der Waals surface area contributed by atoms with E-state index in [-0.39, 0.29) is 6.04 Å². The Labute approximate surface area is 124 Å². The number of nitrogens with two attached hydrogens (primary N) is 1. The average molecular weight is 285 g/mol. The number of aryl methyl sites for hydroxylation is 1. The third kappa shape index (κ3) is 2.67. The Balaban J connectivity index is 1.93. The van der Waals surface area contributed by atoms with Gasteiger partial charge in [0.15, 0.2) is 11.5 Å². The minimum Gasteiger partial charge on any atom is -0.497 e. The van der Waals surface area contributed by atoms with Gasteiger partial charge in [0.25, 0.3) is 0 Å². The van der Waals surface area contributed by atoms with E-state index in [0.29, 0.717) is 13.2 Å². The maximum Gasteiger partial charge on any atom is 0.161 e. The smallest absolute Gasteiger partial charge is 0.161 e. The minimum absolute atomic E-state index is 0.202. The topological polar surface area (TPSA) is 53.7 Å². The maximum absolute atomic E-state index is 6.40. The molecule has 21 heavy (non-hydrogen) atoms. The monoisotopic (exact) mass is 285 g/mol. The van der Waals surface area contributed by atoms with Crippen LogP contribution in [-0.2, 0) is 0 Å². The molecule has 0 aromatic heterocycles. The summed E-state index contributed by atoms with van der Waals surface area (Å²) >= 11 is 0. The van der Waals surface area contributed by atoms with Crippen LogP contribution in [0.5, 0.6) is 17.2 Å². The first-order valence-corrected chi connectivity index (χ1v) is 6.98. The minimum atomic E-state index is -0.202. The number of rotatable bonds is 3. The van der Waals surface area contributed by atoms with Crippen LogP contribution in [0.2, 0.25) is 0 Å². The zero-order chi connectivity index (χ0) is 14.8. The van der Waals surface area contributed by atoms with Crippen molar-refractivity contribution in [3.05, 3.63) is 53.1 Å². The van der Waals surface area contributed by atoms with Crippen molar-refractivity contribution in [3.63, 3.8) is 0 Å². The molecule has 0 fully saturated rings. The first-order chi connectivity index (χ1) is 10.2. The summed E-state index contributed by atoms with van der Waals surface area (Å²) in [6.45, 7) is 3.21. The predicted octanol–water partition coefficient (Wildman–Crippen LogP) is 2.82. The lowest BCUT2D eigenvalue weighted by molar-refractivity contribution is 0.171. The highest BCUT2D eigenvalue weighted by atomic mass is 16.6. The first-order valence-electron chi connectivity index (χ1n) is 6.98. The molecule has 0 radical (unpaired) electrons. The average Bonchev–Trinajstić information content (AvgIpc) is 2.53. The van der Waals surface area contributed by atoms with Crippen molar-refractivity contribution in [2.45, 2.75) is 13.0 Å². The predicted molar refractivity (Wildman–Crippen MR) is 81.2 cm³/mol. The third-order valence-electron chi connectivity index (χ3n) is 3.74. The van der Waals surface area contributed by atoms with Gasteiger partial charge in [0, 0.05) is 0 Å². The molecule has 0 saturated heterocycles. The van der Waals surface area contributed by atoms with E-state index in [1.54, 1.807) is 7.11 Å². The van der Waals surface area contributed by atoms with Crippen LogP contribution in [0, 0.1) is 6.92 Å². The van der Waals surface area contributed by atoms with E-state index in [4.69, 9.17) is 19.9 Å². The molecule has 110 valence electrons. The Morgan fingerprint density at radius 2 is 1.81 bits per heavy atom. The highest BCUT2D eigenvalue weighted by molar-refractivity contribution is 5.48. The van der Waals surface area contributed by atoms with Crippen LogP contribution in [0.15, 0.2) is 36.4 Å². The van der Waals surface area contributed by atoms with Gasteiger partial charge in [-0.15, -0.1) is 0 Å². The Morgan fingerprint density at radius 1 is 1.05 bits per heavy atom. The molecule has 2 aromatic rings. The van der Waals surface area contributed by atoms with Crippen molar-refractivity contribution in [2.24, 2.45) is 5.73 Å². The lowest BCUT2D eigenvalue weighted by atomic mass is 9.95. The summed E-state index contributed by atoms with van der Waals surface area (Å²) in [7, 11) is 1.66. The molecule has 0 saturated carbocycles. The van der Waals surface area contributed by atoms with Gasteiger partial charge < -0.3 is 19.9 Å². The van der Waals surface area contributed by atoms with Crippen LogP contribution < -0.4 is 19.9 Å². The van der Waals surface area contributed by atoms with Gasteiger partial charge >= 0.3 is 0 Å². The van der Waals surface area contributed by atoms with Crippen LogP contribution >= 0.6 is 0 Å². The van der Waals surface area contributed by atoms with Gasteiger partial charge in [0.2, 0.25) is 0 Å². The van der Waals surface area contributed by atoms with Crippen LogP contribution in [0.3, 0.4) is 0 Å². The van der Waals surface area contributed by atoms with Crippen molar-refractivity contribution in [1.82, 2.24) is 0 Å². The number of methoxy groups -OCH3 is 1. The Morgan fingerprint density at radius 3 is 2.52 bits per heavy atom. The number of hydrogen-bond acceptors (Lipinski definition) is 4. The van der Waals surface area contributed by atoms with Crippen LogP contribution in [0.4, 0.5) is 0 Å². The molecule has 1 atom stereocenters. The first kappa shape index (κ1) is 13.8. The zero-order valence-corrected chi connectivity index (χ0v) is 12.3. The quantitative estimate of drug-likeness (QED) is 0.942. The number of ether oxygens (including phenoxy) is 3. The number of hydrogen-bond donors (Lipinski definition) is 1. The van der Waals surface area contributed by atoms with Crippen LogP contribution in [-0.4, -0.2) is 20.3 Å². The SMILES string of the molecule is COc1ccc(C(N)c2ccc3c(c2)OCCO3)c(C)c1. The fraction of sp³-hybridized carbons (Fsp3) is 0.294. The van der Waals surface area contributed by atoms with Crippen molar-refractivity contribution < 1.29 is 14.2 Å². The van der Waals surface area contributed by atoms with Crippen molar-refractivity contribution in [3.8, 4) is 17.2 Å². The summed E-state index contributed by atoms with van der Waals surface area (Å²) in [5.74, 6) is 2.38. The van der Waals surface area contributed by atoms with Crippen LogP contribution in [0.25, 0.3) is 0 Å².